The van der Waals surface area contributed by atoms with Gasteiger partial charge in [0.2, 0.25) is 0 Å². The van der Waals surface area contributed by atoms with E-state index in [2.05, 4.69) is 26.0 Å². The first-order valence-corrected chi connectivity index (χ1v) is 18.7. The maximum atomic E-state index is 17.0. The molecule has 12 heteroatoms. The van der Waals surface area contributed by atoms with Crippen molar-refractivity contribution in [1.82, 2.24) is 25.2 Å². The highest BCUT2D eigenvalue weighted by Crippen LogP contribution is 2.43. The molecular formula is C40H38F2N6O3S. The molecule has 266 valence electrons. The summed E-state index contributed by atoms with van der Waals surface area (Å²) in [7, 11) is 0. The Balaban J connectivity index is 1.06. The third kappa shape index (κ3) is 5.90. The van der Waals surface area contributed by atoms with Gasteiger partial charge in [0.05, 0.1) is 23.1 Å². The van der Waals surface area contributed by atoms with E-state index in [1.165, 1.54) is 6.07 Å². The maximum Gasteiger partial charge on any atom is 0.319 e. The lowest BCUT2D eigenvalue weighted by Crippen LogP contribution is -2.51. The number of nitrogens with one attached hydrogen (secondary N) is 1. The van der Waals surface area contributed by atoms with E-state index in [-0.39, 0.29) is 28.3 Å². The molecule has 9 rings (SSSR count). The quantitative estimate of drug-likeness (QED) is 0.123. The van der Waals surface area contributed by atoms with Crippen LogP contribution in [0.4, 0.5) is 14.6 Å². The first-order chi connectivity index (χ1) is 25.4. The fourth-order valence-electron chi connectivity index (χ4n) is 8.97. The molecule has 4 unspecified atom stereocenters. The molecule has 9 nitrogen and oxygen atoms in total. The number of anilines is 1. The number of hydrogen-bond donors (Lipinski definition) is 2. The van der Waals surface area contributed by atoms with Crippen molar-refractivity contribution in [3.63, 3.8) is 0 Å². The van der Waals surface area contributed by atoms with Crippen LogP contribution in [0.3, 0.4) is 0 Å². The fourth-order valence-corrected chi connectivity index (χ4v) is 9.28. The van der Waals surface area contributed by atoms with Crippen LogP contribution < -0.4 is 19.7 Å². The number of benzene rings is 3. The van der Waals surface area contributed by atoms with Gasteiger partial charge in [-0.15, -0.1) is 6.42 Å². The van der Waals surface area contributed by atoms with E-state index in [1.54, 1.807) is 24.4 Å². The number of terminal acetylenes is 1. The summed E-state index contributed by atoms with van der Waals surface area (Å²) >= 11 is 0.704. The predicted molar refractivity (Wildman–Crippen MR) is 198 cm³/mol. The lowest BCUT2D eigenvalue weighted by molar-refractivity contribution is 0.107. The summed E-state index contributed by atoms with van der Waals surface area (Å²) in [5, 5.41) is 5.29. The minimum Gasteiger partial charge on any atom is -0.493 e. The van der Waals surface area contributed by atoms with E-state index in [0.717, 1.165) is 68.9 Å². The summed E-state index contributed by atoms with van der Waals surface area (Å²) in [5.41, 5.74) is 0.404. The summed E-state index contributed by atoms with van der Waals surface area (Å²) in [6, 6.07) is 16.5. The van der Waals surface area contributed by atoms with Gasteiger partial charge in [-0.2, -0.15) is 9.97 Å². The molecule has 0 amide bonds. The van der Waals surface area contributed by atoms with Gasteiger partial charge in [-0.25, -0.2) is 8.78 Å². The highest BCUT2D eigenvalue weighted by molar-refractivity contribution is 7.93. The second-order valence-electron chi connectivity index (χ2n) is 14.5. The van der Waals surface area contributed by atoms with Gasteiger partial charge in [0.25, 0.3) is 0 Å². The van der Waals surface area contributed by atoms with Crippen LogP contribution in [0.15, 0.2) is 65.7 Å². The molecule has 6 heterocycles. The Hall–Kier alpha value is -4.54. The van der Waals surface area contributed by atoms with Gasteiger partial charge in [0.1, 0.15) is 35.2 Å². The van der Waals surface area contributed by atoms with E-state index in [9.17, 15) is 8.94 Å². The molecule has 4 aliphatic heterocycles. The normalized spacial score (nSPS) is 24.0. The van der Waals surface area contributed by atoms with Crippen molar-refractivity contribution < 1.29 is 22.8 Å². The third-order valence-corrected chi connectivity index (χ3v) is 11.8. The van der Waals surface area contributed by atoms with Gasteiger partial charge in [-0.1, -0.05) is 36.3 Å². The zero-order valence-corrected chi connectivity index (χ0v) is 29.3. The lowest BCUT2D eigenvalue weighted by atomic mass is 9.91. The Kier molecular flexibility index (Phi) is 8.62. The Labute approximate surface area is 305 Å². The number of hydrogen-bond acceptors (Lipinski definition) is 10. The summed E-state index contributed by atoms with van der Waals surface area (Å²) < 4.78 is 54.0. The number of aromatic nitrogens is 3. The molecule has 0 radical (unpaired) electrons. The molecule has 0 saturated carbocycles. The van der Waals surface area contributed by atoms with E-state index < -0.39 is 11.6 Å². The molecule has 52 heavy (non-hydrogen) atoms. The second kappa shape index (κ2) is 13.5. The topological polar surface area (TPSA) is 95.9 Å². The van der Waals surface area contributed by atoms with Gasteiger partial charge in [0, 0.05) is 71.7 Å². The van der Waals surface area contributed by atoms with E-state index >= 15 is 4.39 Å². The van der Waals surface area contributed by atoms with Crippen LogP contribution in [-0.4, -0.2) is 81.4 Å². The van der Waals surface area contributed by atoms with E-state index in [1.807, 2.05) is 30.3 Å². The van der Waals surface area contributed by atoms with Crippen LogP contribution >= 0.6 is 12.0 Å². The molecule has 2 N–H and O–H groups in total. The predicted octanol–water partition coefficient (Wildman–Crippen LogP) is 6.92. The second-order valence-corrected chi connectivity index (χ2v) is 15.2. The van der Waals surface area contributed by atoms with Crippen molar-refractivity contribution in [2.24, 2.45) is 5.92 Å². The third-order valence-electron chi connectivity index (χ3n) is 11.3. The Morgan fingerprint density at radius 2 is 1.88 bits per heavy atom. The van der Waals surface area contributed by atoms with Crippen LogP contribution in [0.25, 0.3) is 32.9 Å². The number of nitrogens with zero attached hydrogens (tertiary/aromatic N) is 5. The standard InChI is InChI=1S/C40H38F2N6O3S/c1-2-30-33(41)13-10-25-6-3-9-31(34(25)30)36-35(42)37-32(18-43-36)38(47-20-26-11-12-27(21-47)44-26)46-39(45-37)51-23-40-14-5-15-48(40)19-24(17-40)22-50-28-7-4-8-29(16-28)52-49/h1,3-4,6-10,13,16,18,24,26-27,44,49H,5,11-12,14-15,17,19-23H2. The zero-order chi connectivity index (χ0) is 35.4. The monoisotopic (exact) mass is 720 g/mol. The fraction of sp³-hybridized carbons (Fsp3) is 0.375. The minimum atomic E-state index is -0.633. The van der Waals surface area contributed by atoms with Crippen molar-refractivity contribution in [2.75, 3.05) is 44.3 Å². The first kappa shape index (κ1) is 33.3. The van der Waals surface area contributed by atoms with Crippen molar-refractivity contribution in [2.45, 2.75) is 54.6 Å². The molecule has 4 fully saturated rings. The van der Waals surface area contributed by atoms with Crippen molar-refractivity contribution in [3.8, 4) is 35.4 Å². The van der Waals surface area contributed by atoms with Gasteiger partial charge in [-0.3, -0.25) is 9.88 Å². The van der Waals surface area contributed by atoms with Crippen LogP contribution in [0.1, 0.15) is 37.7 Å². The summed E-state index contributed by atoms with van der Waals surface area (Å²) in [6.07, 6.45) is 12.5. The largest absolute Gasteiger partial charge is 0.493 e. The smallest absolute Gasteiger partial charge is 0.319 e. The molecule has 2 aromatic heterocycles. The number of ether oxygens (including phenoxy) is 2. The SMILES string of the molecule is C#Cc1c(F)ccc2cccc(-c3ncc4c(N5CC6CCC(C5)N6)nc(OCC56CCCN5CC(COc5cccc(SO)c5)C6)nc4c3F)c12. The van der Waals surface area contributed by atoms with Crippen LogP contribution in [0.5, 0.6) is 11.8 Å². The minimum absolute atomic E-state index is 0.0403. The van der Waals surface area contributed by atoms with Crippen molar-refractivity contribution in [1.29, 1.82) is 0 Å². The van der Waals surface area contributed by atoms with Crippen LogP contribution in [0, 0.1) is 29.9 Å². The molecule has 3 aromatic carbocycles. The molecule has 4 saturated heterocycles. The Bertz CT molecular complexity index is 2220. The number of piperazine rings is 1. The van der Waals surface area contributed by atoms with Gasteiger partial charge in [0.15, 0.2) is 5.82 Å². The number of pyridine rings is 1. The number of fused-ring (bicyclic) bond motifs is 5. The average Bonchev–Trinajstić information content (AvgIpc) is 3.84. The Morgan fingerprint density at radius 1 is 1.04 bits per heavy atom. The summed E-state index contributed by atoms with van der Waals surface area (Å²) in [6.45, 7) is 4.25. The maximum absolute atomic E-state index is 17.0. The van der Waals surface area contributed by atoms with Crippen molar-refractivity contribution in [3.05, 3.63) is 78.0 Å². The molecule has 4 aliphatic rings. The molecular weight excluding hydrogens is 683 g/mol. The molecule has 4 atom stereocenters. The molecule has 5 aromatic rings. The number of rotatable bonds is 9. The summed E-state index contributed by atoms with van der Waals surface area (Å²) in [4.78, 5) is 19.7. The summed E-state index contributed by atoms with van der Waals surface area (Å²) in [5.74, 6) is 2.91. The molecule has 0 spiro atoms. The molecule has 2 bridgehead atoms. The van der Waals surface area contributed by atoms with E-state index in [4.69, 9.17) is 25.9 Å². The zero-order valence-electron chi connectivity index (χ0n) is 28.5. The number of halogens is 2. The molecule has 0 aliphatic carbocycles. The van der Waals surface area contributed by atoms with Crippen LogP contribution in [-0.2, 0) is 0 Å². The van der Waals surface area contributed by atoms with Crippen molar-refractivity contribution >= 4 is 39.5 Å². The van der Waals surface area contributed by atoms with Gasteiger partial charge < -0.3 is 24.2 Å². The van der Waals surface area contributed by atoms with Gasteiger partial charge in [-0.05, 0) is 68.3 Å². The van der Waals surface area contributed by atoms with Crippen LogP contribution in [0.2, 0.25) is 0 Å². The Morgan fingerprint density at radius 3 is 2.71 bits per heavy atom. The van der Waals surface area contributed by atoms with Gasteiger partial charge >= 0.3 is 6.01 Å². The highest BCUT2D eigenvalue weighted by Gasteiger charge is 2.49. The van der Waals surface area contributed by atoms with E-state index in [0.29, 0.717) is 70.8 Å². The first-order valence-electron chi connectivity index (χ1n) is 17.9. The highest BCUT2D eigenvalue weighted by atomic mass is 32.2. The average molecular weight is 721 g/mol. The lowest BCUT2D eigenvalue weighted by Gasteiger charge is -2.34.